The molecule has 88 valence electrons. The molecule has 4 heteroatoms. The van der Waals surface area contributed by atoms with Crippen molar-refractivity contribution >= 4 is 17.7 Å². The van der Waals surface area contributed by atoms with E-state index in [0.717, 1.165) is 5.56 Å². The Morgan fingerprint density at radius 3 is 2.94 bits per heavy atom. The fourth-order valence-electron chi connectivity index (χ4n) is 1.26. The molecule has 1 rings (SSSR count). The van der Waals surface area contributed by atoms with Crippen molar-refractivity contribution in [1.29, 1.82) is 0 Å². The minimum absolute atomic E-state index is 0.00787. The highest BCUT2D eigenvalue weighted by atomic mass is 32.2. The third-order valence-electron chi connectivity index (χ3n) is 2.26. The monoisotopic (exact) mass is 239 g/mol. The molecule has 0 aliphatic carbocycles. The summed E-state index contributed by atoms with van der Waals surface area (Å²) in [6, 6.07) is 6.77. The van der Waals surface area contributed by atoms with Crippen LogP contribution in [-0.2, 0) is 11.2 Å². The number of carbonyl (C=O) groups excluding carboxylic acids is 1. The molecule has 1 aromatic carbocycles. The van der Waals surface area contributed by atoms with E-state index in [1.807, 2.05) is 12.3 Å². The lowest BCUT2D eigenvalue weighted by molar-refractivity contribution is -0.120. The summed E-state index contributed by atoms with van der Waals surface area (Å²) in [6.45, 7) is 2.75. The number of carbonyl (C=O) groups is 1. The number of rotatable bonds is 5. The van der Waals surface area contributed by atoms with Crippen molar-refractivity contribution < 1.29 is 9.90 Å². The Hall–Kier alpha value is -1.16. The van der Waals surface area contributed by atoms with E-state index in [4.69, 9.17) is 0 Å². The molecule has 0 heterocycles. The Balaban J connectivity index is 2.40. The van der Waals surface area contributed by atoms with E-state index in [1.54, 1.807) is 30.0 Å². The van der Waals surface area contributed by atoms with E-state index < -0.39 is 0 Å². The predicted molar refractivity (Wildman–Crippen MR) is 67.8 cm³/mol. The maximum atomic E-state index is 11.5. The second kappa shape index (κ2) is 6.43. The van der Waals surface area contributed by atoms with Crippen LogP contribution in [0.2, 0.25) is 0 Å². The van der Waals surface area contributed by atoms with E-state index >= 15 is 0 Å². The molecule has 0 aromatic heterocycles. The molecule has 3 nitrogen and oxygen atoms in total. The van der Waals surface area contributed by atoms with Crippen molar-refractivity contribution in [1.82, 2.24) is 5.32 Å². The van der Waals surface area contributed by atoms with Gasteiger partial charge in [-0.1, -0.05) is 19.1 Å². The fraction of sp³-hybridized carbons (Fsp3) is 0.417. The summed E-state index contributed by atoms with van der Waals surface area (Å²) in [5.74, 6) is 0.189. The second-order valence-electron chi connectivity index (χ2n) is 3.70. The van der Waals surface area contributed by atoms with Crippen LogP contribution in [0.25, 0.3) is 0 Å². The van der Waals surface area contributed by atoms with Gasteiger partial charge in [-0.2, -0.15) is 11.8 Å². The Morgan fingerprint density at radius 2 is 2.31 bits per heavy atom. The maximum absolute atomic E-state index is 11.5. The van der Waals surface area contributed by atoms with Crippen LogP contribution in [0.1, 0.15) is 12.5 Å². The van der Waals surface area contributed by atoms with Crippen LogP contribution in [-0.4, -0.2) is 29.1 Å². The van der Waals surface area contributed by atoms with Gasteiger partial charge in [0, 0.05) is 11.8 Å². The van der Waals surface area contributed by atoms with E-state index in [-0.39, 0.29) is 11.7 Å². The second-order valence-corrected chi connectivity index (χ2v) is 4.97. The fourth-order valence-corrected chi connectivity index (χ4v) is 1.51. The lowest BCUT2D eigenvalue weighted by Gasteiger charge is -2.09. The quantitative estimate of drug-likeness (QED) is 0.824. The van der Waals surface area contributed by atoms with Crippen LogP contribution >= 0.6 is 11.8 Å². The topological polar surface area (TPSA) is 49.3 Å². The summed E-state index contributed by atoms with van der Waals surface area (Å²) in [5, 5.41) is 12.5. The minimum Gasteiger partial charge on any atom is -0.508 e. The molecule has 1 aromatic rings. The number of thioether (sulfide) groups is 1. The lowest BCUT2D eigenvalue weighted by atomic mass is 10.1. The third kappa shape index (κ3) is 4.57. The van der Waals surface area contributed by atoms with Crippen molar-refractivity contribution in [3.8, 4) is 5.75 Å². The molecule has 0 spiro atoms. The van der Waals surface area contributed by atoms with Crippen LogP contribution < -0.4 is 5.32 Å². The minimum atomic E-state index is -0.00787. The van der Waals surface area contributed by atoms with Gasteiger partial charge in [-0.05, 0) is 24.0 Å². The lowest BCUT2D eigenvalue weighted by Crippen LogP contribution is -2.30. The summed E-state index contributed by atoms with van der Waals surface area (Å²) < 4.78 is 0. The van der Waals surface area contributed by atoms with Gasteiger partial charge in [0.15, 0.2) is 0 Å². The van der Waals surface area contributed by atoms with Crippen molar-refractivity contribution in [2.45, 2.75) is 18.6 Å². The number of phenols is 1. The number of aromatic hydroxyl groups is 1. The SMILES string of the molecule is CSC(C)CNC(=O)Cc1cccc(O)c1. The molecular weight excluding hydrogens is 222 g/mol. The molecule has 0 bridgehead atoms. The molecular formula is C12H17NO2S. The summed E-state index contributed by atoms with van der Waals surface area (Å²) in [7, 11) is 0. The van der Waals surface area contributed by atoms with E-state index in [2.05, 4.69) is 12.2 Å². The number of amides is 1. The molecule has 0 fully saturated rings. The van der Waals surface area contributed by atoms with Gasteiger partial charge >= 0.3 is 0 Å². The zero-order valence-corrected chi connectivity index (χ0v) is 10.4. The Morgan fingerprint density at radius 1 is 1.56 bits per heavy atom. The van der Waals surface area contributed by atoms with Gasteiger partial charge in [0.05, 0.1) is 6.42 Å². The third-order valence-corrected chi connectivity index (χ3v) is 3.24. The summed E-state index contributed by atoms with van der Waals surface area (Å²) in [6.07, 6.45) is 2.33. The zero-order valence-electron chi connectivity index (χ0n) is 9.56. The summed E-state index contributed by atoms with van der Waals surface area (Å²) >= 11 is 1.72. The highest BCUT2D eigenvalue weighted by Crippen LogP contribution is 2.11. The van der Waals surface area contributed by atoms with Crippen molar-refractivity contribution in [2.24, 2.45) is 0 Å². The molecule has 0 radical (unpaired) electrons. The normalized spacial score (nSPS) is 12.1. The first kappa shape index (κ1) is 12.9. The van der Waals surface area contributed by atoms with E-state index in [1.165, 1.54) is 0 Å². The van der Waals surface area contributed by atoms with Crippen LogP contribution in [0.4, 0.5) is 0 Å². The molecule has 1 unspecified atom stereocenters. The van der Waals surface area contributed by atoms with Crippen LogP contribution in [0.15, 0.2) is 24.3 Å². The molecule has 16 heavy (non-hydrogen) atoms. The summed E-state index contributed by atoms with van der Waals surface area (Å²) in [4.78, 5) is 11.5. The van der Waals surface area contributed by atoms with Gasteiger partial charge in [-0.25, -0.2) is 0 Å². The highest BCUT2D eigenvalue weighted by Gasteiger charge is 2.05. The number of nitrogens with one attached hydrogen (secondary N) is 1. The molecule has 0 saturated carbocycles. The molecule has 0 aliphatic rings. The van der Waals surface area contributed by atoms with Gasteiger partial charge < -0.3 is 10.4 Å². The first-order valence-electron chi connectivity index (χ1n) is 5.19. The summed E-state index contributed by atoms with van der Waals surface area (Å²) in [5.41, 5.74) is 0.828. The molecule has 0 saturated heterocycles. The average Bonchev–Trinajstić information content (AvgIpc) is 2.26. The highest BCUT2D eigenvalue weighted by molar-refractivity contribution is 7.99. The Kier molecular flexibility index (Phi) is 5.19. The predicted octanol–water partition coefficient (Wildman–Crippen LogP) is 1.80. The van der Waals surface area contributed by atoms with Crippen molar-refractivity contribution in [3.05, 3.63) is 29.8 Å². The van der Waals surface area contributed by atoms with Crippen LogP contribution in [0.5, 0.6) is 5.75 Å². The first-order valence-corrected chi connectivity index (χ1v) is 6.48. The number of hydrogen-bond acceptors (Lipinski definition) is 3. The van der Waals surface area contributed by atoms with Crippen molar-refractivity contribution in [2.75, 3.05) is 12.8 Å². The number of hydrogen-bond donors (Lipinski definition) is 2. The molecule has 1 atom stereocenters. The van der Waals surface area contributed by atoms with E-state index in [9.17, 15) is 9.90 Å². The van der Waals surface area contributed by atoms with Gasteiger partial charge in [-0.15, -0.1) is 0 Å². The molecule has 1 amide bonds. The Bertz CT molecular complexity index is 355. The van der Waals surface area contributed by atoms with Crippen LogP contribution in [0, 0.1) is 0 Å². The number of benzene rings is 1. The van der Waals surface area contributed by atoms with Crippen LogP contribution in [0.3, 0.4) is 0 Å². The number of phenolic OH excluding ortho intramolecular Hbond substituents is 1. The van der Waals surface area contributed by atoms with Gasteiger partial charge in [0.25, 0.3) is 0 Å². The largest absolute Gasteiger partial charge is 0.508 e. The van der Waals surface area contributed by atoms with E-state index in [0.29, 0.717) is 18.2 Å². The zero-order chi connectivity index (χ0) is 12.0. The van der Waals surface area contributed by atoms with Gasteiger partial charge in [0.1, 0.15) is 5.75 Å². The Labute approximate surface area is 100 Å². The smallest absolute Gasteiger partial charge is 0.224 e. The average molecular weight is 239 g/mol. The van der Waals surface area contributed by atoms with Crippen molar-refractivity contribution in [3.63, 3.8) is 0 Å². The maximum Gasteiger partial charge on any atom is 0.224 e. The standard InChI is InChI=1S/C12H17NO2S/c1-9(16-2)8-13-12(15)7-10-4-3-5-11(14)6-10/h3-6,9,14H,7-8H2,1-2H3,(H,13,15). The molecule has 2 N–H and O–H groups in total. The molecule has 0 aliphatic heterocycles. The first-order chi connectivity index (χ1) is 7.61. The van der Waals surface area contributed by atoms with Gasteiger partial charge in [-0.3, -0.25) is 4.79 Å². The van der Waals surface area contributed by atoms with Gasteiger partial charge in [0.2, 0.25) is 5.91 Å².